The van der Waals surface area contributed by atoms with Crippen LogP contribution in [0.5, 0.6) is 0 Å². The Bertz CT molecular complexity index is 436. The highest BCUT2D eigenvalue weighted by atomic mass is 32.2. The minimum atomic E-state index is -3.95. The van der Waals surface area contributed by atoms with Crippen LogP contribution < -0.4 is 0 Å². The molecular formula is C11H20NO5S+. The molecule has 0 heterocycles. The number of quaternary nitrogens is 1. The number of hydrogen-bond donors (Lipinski definition) is 1. The highest BCUT2D eigenvalue weighted by Crippen LogP contribution is 2.17. The monoisotopic (exact) mass is 278 g/mol. The number of carbonyl (C=O) groups excluding carboxylic acids is 1. The summed E-state index contributed by atoms with van der Waals surface area (Å²) < 4.78 is 28.1. The lowest BCUT2D eigenvalue weighted by Gasteiger charge is -2.29. The summed E-state index contributed by atoms with van der Waals surface area (Å²) in [5.41, 5.74) is 0. The van der Waals surface area contributed by atoms with Crippen molar-refractivity contribution in [3.63, 3.8) is 0 Å². The van der Waals surface area contributed by atoms with Gasteiger partial charge >= 0.3 is 15.9 Å². The van der Waals surface area contributed by atoms with E-state index in [1.54, 1.807) is 0 Å². The van der Waals surface area contributed by atoms with E-state index in [1.807, 2.05) is 0 Å². The number of ether oxygens (including phenoxy) is 1. The lowest BCUT2D eigenvalue weighted by molar-refractivity contribution is -0.677. The first-order valence-corrected chi connectivity index (χ1v) is 6.82. The second-order valence-corrected chi connectivity index (χ2v) is 6.76. The predicted octanol–water partition coefficient (Wildman–Crippen LogP) is 0.0163. The molecule has 0 aliphatic heterocycles. The summed E-state index contributed by atoms with van der Waals surface area (Å²) in [7, 11) is -1.53. The molecule has 0 radical (unpaired) electrons. The lowest BCUT2D eigenvalue weighted by Crippen LogP contribution is -2.54. The average Bonchev–Trinajstić information content (AvgIpc) is 2.23. The summed E-state index contributed by atoms with van der Waals surface area (Å²) in [6.45, 7) is 7.86. The topological polar surface area (TPSA) is 80.7 Å². The smallest absolute Gasteiger partial charge is 0.352 e. The minimum Gasteiger partial charge on any atom is -0.365 e. The number of aliphatic hydroxyl groups is 1. The Morgan fingerprint density at radius 2 is 1.94 bits per heavy atom. The maximum absolute atomic E-state index is 12.1. The molecule has 0 saturated heterocycles. The van der Waals surface area contributed by atoms with Gasteiger partial charge in [0.15, 0.2) is 11.5 Å². The van der Waals surface area contributed by atoms with Gasteiger partial charge in [-0.2, -0.15) is 12.3 Å². The second kappa shape index (κ2) is 5.75. The van der Waals surface area contributed by atoms with Crippen LogP contribution in [0.1, 0.15) is 6.92 Å². The lowest BCUT2D eigenvalue weighted by atomic mass is 10.4. The minimum absolute atomic E-state index is 0.00531. The van der Waals surface area contributed by atoms with E-state index in [2.05, 4.69) is 13.2 Å². The third-order valence-electron chi connectivity index (χ3n) is 2.36. The van der Waals surface area contributed by atoms with Crippen LogP contribution in [-0.2, 0) is 19.6 Å². The average molecular weight is 278 g/mol. The number of amides is 1. The zero-order valence-corrected chi connectivity index (χ0v) is 11.7. The van der Waals surface area contributed by atoms with Gasteiger partial charge in [0, 0.05) is 6.08 Å². The van der Waals surface area contributed by atoms with Crippen molar-refractivity contribution in [2.75, 3.05) is 26.5 Å². The molecule has 1 atom stereocenters. The molecule has 7 heteroatoms. The molecule has 1 N–H and O–H groups in total. The summed E-state index contributed by atoms with van der Waals surface area (Å²) in [4.78, 5) is 11.5. The Balaban J connectivity index is 5.12. The Morgan fingerprint density at radius 1 is 1.44 bits per heavy atom. The Hall–Kier alpha value is -1.02. The first-order valence-electron chi connectivity index (χ1n) is 5.21. The van der Waals surface area contributed by atoms with E-state index >= 15 is 0 Å². The molecule has 0 spiro atoms. The predicted molar refractivity (Wildman–Crippen MR) is 67.9 cm³/mol. The second-order valence-electron chi connectivity index (χ2n) is 4.39. The van der Waals surface area contributed by atoms with Crippen molar-refractivity contribution in [2.45, 2.75) is 12.7 Å². The van der Waals surface area contributed by atoms with Gasteiger partial charge in [-0.05, 0) is 6.92 Å². The fourth-order valence-electron chi connectivity index (χ4n) is 1.14. The maximum Gasteiger partial charge on any atom is 0.352 e. The van der Waals surface area contributed by atoms with Crippen LogP contribution in [0, 0.1) is 0 Å². The van der Waals surface area contributed by atoms with E-state index in [0.29, 0.717) is 0 Å². The number of hydrogen-bond acceptors (Lipinski definition) is 5. The largest absolute Gasteiger partial charge is 0.365 e. The third-order valence-corrected chi connectivity index (χ3v) is 4.83. The van der Waals surface area contributed by atoms with E-state index in [4.69, 9.17) is 4.74 Å². The normalized spacial score (nSPS) is 15.8. The van der Waals surface area contributed by atoms with Gasteiger partial charge in [-0.15, -0.1) is 6.58 Å². The van der Waals surface area contributed by atoms with Gasteiger partial charge in [0.25, 0.3) is 0 Å². The number of nitrogens with zero attached hydrogens (tertiary/aromatic N) is 1. The van der Waals surface area contributed by atoms with Crippen LogP contribution in [0.4, 0.5) is 0 Å². The van der Waals surface area contributed by atoms with Crippen molar-refractivity contribution in [3.8, 4) is 0 Å². The Morgan fingerprint density at radius 3 is 2.33 bits per heavy atom. The van der Waals surface area contributed by atoms with Crippen LogP contribution in [0.3, 0.4) is 0 Å². The van der Waals surface area contributed by atoms with Crippen LogP contribution in [0.2, 0.25) is 0 Å². The first kappa shape index (κ1) is 17.0. The highest BCUT2D eigenvalue weighted by Gasteiger charge is 2.44. The number of carbonyl (C=O) groups is 1. The third kappa shape index (κ3) is 4.02. The molecule has 0 saturated carbocycles. The molecule has 1 unspecified atom stereocenters. The molecule has 0 rings (SSSR count). The quantitative estimate of drug-likeness (QED) is 0.307. The van der Waals surface area contributed by atoms with Gasteiger partial charge in [0.05, 0.1) is 20.7 Å². The Kier molecular flexibility index (Phi) is 5.42. The summed E-state index contributed by atoms with van der Waals surface area (Å²) >= 11 is 0. The number of rotatable bonds is 7. The van der Waals surface area contributed by atoms with E-state index in [0.717, 1.165) is 6.08 Å². The van der Waals surface area contributed by atoms with Crippen molar-refractivity contribution in [2.24, 2.45) is 0 Å². The summed E-state index contributed by atoms with van der Waals surface area (Å²) in [6.07, 6.45) is 2.31. The molecule has 0 aromatic carbocycles. The van der Waals surface area contributed by atoms with Gasteiger partial charge in [-0.1, -0.05) is 12.7 Å². The molecule has 0 aliphatic carbocycles. The molecule has 1 amide bonds. The molecular weight excluding hydrogens is 258 g/mol. The molecule has 0 aromatic heterocycles. The van der Waals surface area contributed by atoms with Gasteiger partial charge < -0.3 is 9.84 Å². The molecule has 0 aromatic rings. The standard InChI is InChI=1S/C11H20NO5S/c1-6-8-17-11(3,14)9-18(15,16)12(4,5)10(13)7-2/h6-7,14H,1-2,8-9H2,3-5H3/q+1. The van der Waals surface area contributed by atoms with Gasteiger partial charge in [0.1, 0.15) is 0 Å². The van der Waals surface area contributed by atoms with E-state index in [1.165, 1.54) is 27.1 Å². The first-order chi connectivity index (χ1) is 8.00. The molecule has 18 heavy (non-hydrogen) atoms. The van der Waals surface area contributed by atoms with Crippen LogP contribution in [-0.4, -0.2) is 55.6 Å². The van der Waals surface area contributed by atoms with Crippen LogP contribution >= 0.6 is 0 Å². The summed E-state index contributed by atoms with van der Waals surface area (Å²) in [5, 5.41) is 9.80. The molecule has 0 bridgehead atoms. The van der Waals surface area contributed by atoms with Crippen LogP contribution in [0.15, 0.2) is 25.3 Å². The fraction of sp³-hybridized carbons (Fsp3) is 0.545. The maximum atomic E-state index is 12.1. The van der Waals surface area contributed by atoms with E-state index < -0.39 is 31.4 Å². The zero-order valence-electron chi connectivity index (χ0n) is 10.9. The van der Waals surface area contributed by atoms with Gasteiger partial charge in [0.2, 0.25) is 0 Å². The Labute approximate surface area is 108 Å². The van der Waals surface area contributed by atoms with Crippen molar-refractivity contribution >= 4 is 15.9 Å². The van der Waals surface area contributed by atoms with Crippen molar-refractivity contribution < 1.29 is 26.9 Å². The number of likely N-dealkylation sites (N-methyl/N-ethyl adjacent to an activating group) is 1. The molecule has 0 aliphatic rings. The molecule has 0 fully saturated rings. The summed E-state index contributed by atoms with van der Waals surface area (Å²) in [5.74, 6) is -3.28. The van der Waals surface area contributed by atoms with Crippen molar-refractivity contribution in [3.05, 3.63) is 25.3 Å². The number of sulfonamides is 1. The molecule has 6 nitrogen and oxygen atoms in total. The van der Waals surface area contributed by atoms with Crippen molar-refractivity contribution in [1.29, 1.82) is 0 Å². The van der Waals surface area contributed by atoms with Crippen LogP contribution in [0.25, 0.3) is 0 Å². The summed E-state index contributed by atoms with van der Waals surface area (Å²) in [6, 6.07) is 0. The van der Waals surface area contributed by atoms with Gasteiger partial charge in [-0.25, -0.2) is 4.79 Å². The molecule has 104 valence electrons. The van der Waals surface area contributed by atoms with E-state index in [-0.39, 0.29) is 6.61 Å². The highest BCUT2D eigenvalue weighted by molar-refractivity contribution is 7.86. The van der Waals surface area contributed by atoms with Crippen molar-refractivity contribution in [1.82, 2.24) is 0 Å². The van der Waals surface area contributed by atoms with E-state index in [9.17, 15) is 18.3 Å². The SMILES string of the molecule is C=CCOC(C)(O)CS(=O)(=O)[N+](C)(C)C(=O)C=C. The van der Waals surface area contributed by atoms with Gasteiger partial charge in [-0.3, -0.25) is 0 Å². The fourth-order valence-corrected chi connectivity index (χ4v) is 2.57. The zero-order chi connectivity index (χ0) is 14.6.